The van der Waals surface area contributed by atoms with Crippen LogP contribution in [0.25, 0.3) is 0 Å². The molecule has 0 saturated carbocycles. The van der Waals surface area contributed by atoms with Crippen LogP contribution in [-0.4, -0.2) is 10.4 Å². The molecule has 3 heteroatoms. The summed E-state index contributed by atoms with van der Waals surface area (Å²) in [6, 6.07) is 0. The van der Waals surface area contributed by atoms with Gasteiger partial charge in [0.1, 0.15) is 0 Å². The Labute approximate surface area is 70.9 Å². The van der Waals surface area contributed by atoms with Crippen molar-refractivity contribution in [1.82, 2.24) is 0 Å². The van der Waals surface area contributed by atoms with Gasteiger partial charge in [-0.1, -0.05) is 0 Å². The second-order valence-electron chi connectivity index (χ2n) is 1.87. The Morgan fingerprint density at radius 1 is 1.60 bits per heavy atom. The number of ketones is 1. The van der Waals surface area contributed by atoms with Crippen molar-refractivity contribution >= 4 is 20.1 Å². The second-order valence-corrected chi connectivity index (χ2v) is 3.74. The molecule has 0 amide bonds. The van der Waals surface area contributed by atoms with Gasteiger partial charge in [0.15, 0.2) is 0 Å². The first-order chi connectivity index (χ1) is 4.84. The van der Waals surface area contributed by atoms with E-state index in [9.17, 15) is 4.79 Å². The van der Waals surface area contributed by atoms with Crippen LogP contribution in [0.15, 0.2) is 24.3 Å². The number of halogens is 1. The van der Waals surface area contributed by atoms with Crippen molar-refractivity contribution in [3.05, 3.63) is 24.3 Å². The van der Waals surface area contributed by atoms with Crippen molar-refractivity contribution < 1.29 is 20.5 Å². The molecule has 0 aliphatic heterocycles. The van der Waals surface area contributed by atoms with Crippen LogP contribution >= 0.6 is 9.69 Å². The molecule has 1 unspecified atom stereocenters. The topological polar surface area (TPSA) is 17.1 Å². The summed E-state index contributed by atoms with van der Waals surface area (Å²) in [5, 5.41) is 0. The number of carbonyl (C=O) groups is 1. The Bertz CT molecular complexity index is 218. The molecule has 0 aromatic heterocycles. The van der Waals surface area contributed by atoms with Crippen LogP contribution < -0.4 is 0 Å². The summed E-state index contributed by atoms with van der Waals surface area (Å²) in [7, 11) is 5.52. The second kappa shape index (κ2) is 3.95. The third-order valence-electron chi connectivity index (χ3n) is 1.19. The third-order valence-corrected chi connectivity index (χ3v) is 2.56. The Hall–Kier alpha value is -0.0666. The van der Waals surface area contributed by atoms with Gasteiger partial charge in [-0.05, 0) is 0 Å². The minimum absolute atomic E-state index is 0.0549. The molecule has 0 saturated heterocycles. The Morgan fingerprint density at radius 3 is 3.00 bits per heavy atom. The quantitative estimate of drug-likeness (QED) is 0.634. The number of hydrogen-bond acceptors (Lipinski definition) is 1. The summed E-state index contributed by atoms with van der Waals surface area (Å²) in [4.78, 5) is 11.0. The molecule has 1 aliphatic carbocycles. The fraction of sp³-hybridized carbons (Fsp3) is 0.143. The average Bonchev–Trinajstić information content (AvgIpc) is 1.94. The van der Waals surface area contributed by atoms with Gasteiger partial charge in [0, 0.05) is 0 Å². The summed E-state index contributed by atoms with van der Waals surface area (Å²) in [5.74, 6) is 0.0816. The summed E-state index contributed by atoms with van der Waals surface area (Å²) in [6.45, 7) is 0. The maximum absolute atomic E-state index is 11.0. The van der Waals surface area contributed by atoms with E-state index in [-0.39, 0.29) is 27.4 Å². The van der Waals surface area contributed by atoms with Crippen LogP contribution in [0.5, 0.6) is 0 Å². The van der Waals surface area contributed by atoms with E-state index in [1.807, 2.05) is 16.8 Å². The summed E-state index contributed by atoms with van der Waals surface area (Å²) in [6.07, 6.45) is 7.06. The normalized spacial score (nSPS) is 25.3. The Balaban J connectivity index is 2.70. The number of rotatable bonds is 1. The van der Waals surface area contributed by atoms with E-state index < -0.39 is 0 Å². The van der Waals surface area contributed by atoms with Crippen LogP contribution in [0, 0.1) is 5.92 Å². The molecule has 1 aliphatic rings. The Kier molecular flexibility index (Phi) is 3.17. The third kappa shape index (κ3) is 1.96. The van der Waals surface area contributed by atoms with Crippen molar-refractivity contribution in [2.45, 2.75) is 0 Å². The van der Waals surface area contributed by atoms with Crippen LogP contribution in [0.4, 0.5) is 0 Å². The van der Waals surface area contributed by atoms with Crippen LogP contribution in [0.1, 0.15) is 0 Å². The summed E-state index contributed by atoms with van der Waals surface area (Å²) >= 11 is -0.253. The predicted octanol–water partition coefficient (Wildman–Crippen LogP) is 1.34. The molecule has 10 heavy (non-hydrogen) atoms. The molecule has 0 aromatic rings. The molecular formula is C7H6ClORu. The van der Waals surface area contributed by atoms with E-state index in [4.69, 9.17) is 9.69 Å². The van der Waals surface area contributed by atoms with E-state index in [2.05, 4.69) is 0 Å². The van der Waals surface area contributed by atoms with Crippen LogP contribution in [-0.2, 0) is 20.5 Å². The zero-order chi connectivity index (χ0) is 7.40. The van der Waals surface area contributed by atoms with Crippen LogP contribution in [0.3, 0.4) is 0 Å². The fourth-order valence-electron chi connectivity index (χ4n) is 0.686. The molecule has 0 fully saturated rings. The maximum atomic E-state index is 11.0. The number of hydrogen-bond donors (Lipinski definition) is 0. The Morgan fingerprint density at radius 2 is 2.40 bits per heavy atom. The molecule has 1 rings (SSSR count). The first kappa shape index (κ1) is 8.03. The first-order valence-electron chi connectivity index (χ1n) is 2.79. The van der Waals surface area contributed by atoms with E-state index in [0.29, 0.717) is 0 Å². The van der Waals surface area contributed by atoms with Crippen molar-refractivity contribution in [1.29, 1.82) is 0 Å². The summed E-state index contributed by atoms with van der Waals surface area (Å²) < 4.78 is 1.87. The van der Waals surface area contributed by atoms with Crippen molar-refractivity contribution in [2.24, 2.45) is 5.92 Å². The molecule has 1 atom stereocenters. The summed E-state index contributed by atoms with van der Waals surface area (Å²) in [5.41, 5.74) is 0. The molecule has 0 heterocycles. The van der Waals surface area contributed by atoms with E-state index in [0.717, 1.165) is 0 Å². The molecule has 1 nitrogen and oxygen atoms in total. The zero-order valence-electron chi connectivity index (χ0n) is 5.10. The van der Waals surface area contributed by atoms with Gasteiger partial charge >= 0.3 is 70.8 Å². The van der Waals surface area contributed by atoms with Crippen molar-refractivity contribution in [2.75, 3.05) is 0 Å². The minimum atomic E-state index is -0.253. The molecule has 0 N–H and O–H groups in total. The molecular weight excluding hydrogens is 237 g/mol. The van der Waals surface area contributed by atoms with Gasteiger partial charge < -0.3 is 0 Å². The van der Waals surface area contributed by atoms with Gasteiger partial charge in [-0.15, -0.1) is 0 Å². The molecule has 0 spiro atoms. The van der Waals surface area contributed by atoms with Crippen molar-refractivity contribution in [3.8, 4) is 0 Å². The first-order valence-corrected chi connectivity index (χ1v) is 6.03. The van der Waals surface area contributed by atoms with Gasteiger partial charge in [0.05, 0.1) is 0 Å². The van der Waals surface area contributed by atoms with Gasteiger partial charge in [-0.3, -0.25) is 0 Å². The van der Waals surface area contributed by atoms with Gasteiger partial charge in [-0.2, -0.15) is 0 Å². The SMILES string of the molecule is O=C1C=CC=CC1[CH]=[Ru][Cl]. The van der Waals surface area contributed by atoms with Gasteiger partial charge in [0.25, 0.3) is 0 Å². The van der Waals surface area contributed by atoms with E-state index in [1.165, 1.54) is 0 Å². The monoisotopic (exact) mass is 243 g/mol. The molecule has 0 aromatic carbocycles. The number of allylic oxidation sites excluding steroid dienone is 4. The standard InChI is InChI=1S/C7H6O.ClH.Ru/c1-6-4-2-3-5-7(6)8;;/h1-6H;1H;/q;;+1/p-1. The molecule has 0 bridgehead atoms. The van der Waals surface area contributed by atoms with Gasteiger partial charge in [0.2, 0.25) is 0 Å². The molecule has 55 valence electrons. The van der Waals surface area contributed by atoms with Crippen LogP contribution in [0.2, 0.25) is 0 Å². The van der Waals surface area contributed by atoms with E-state index >= 15 is 0 Å². The molecule has 0 radical (unpaired) electrons. The average molecular weight is 243 g/mol. The van der Waals surface area contributed by atoms with E-state index in [1.54, 1.807) is 12.2 Å². The predicted molar refractivity (Wildman–Crippen MR) is 38.7 cm³/mol. The zero-order valence-corrected chi connectivity index (χ0v) is 7.60. The van der Waals surface area contributed by atoms with Gasteiger partial charge in [-0.25, -0.2) is 0 Å². The van der Waals surface area contributed by atoms with Crippen molar-refractivity contribution in [3.63, 3.8) is 0 Å². The fourth-order valence-corrected chi connectivity index (χ4v) is 1.97. The number of carbonyl (C=O) groups excluding carboxylic acids is 1.